The van der Waals surface area contributed by atoms with Gasteiger partial charge < -0.3 is 23.1 Å². The topological polar surface area (TPSA) is 146 Å². The van der Waals surface area contributed by atoms with E-state index in [2.05, 4.69) is 124 Å². The third kappa shape index (κ3) is 10.9. The molecule has 0 radical (unpaired) electrons. The van der Waals surface area contributed by atoms with Crippen molar-refractivity contribution in [1.29, 1.82) is 0 Å². The summed E-state index contributed by atoms with van der Waals surface area (Å²) in [6.07, 6.45) is 0. The molecule has 0 unspecified atom stereocenters. The van der Waals surface area contributed by atoms with Gasteiger partial charge in [0.2, 0.25) is 35.3 Å². The number of rotatable bonds is 9. The molecule has 11 heteroatoms. The van der Waals surface area contributed by atoms with Crippen LogP contribution in [0, 0.1) is 0 Å². The molecule has 9 aromatic carbocycles. The smallest absolute Gasteiger partial charge is 0.248 e. The van der Waals surface area contributed by atoms with Crippen molar-refractivity contribution in [2.24, 2.45) is 0 Å². The maximum atomic E-state index is 9.17. The van der Waals surface area contributed by atoms with E-state index in [1.807, 2.05) is 140 Å². The summed E-state index contributed by atoms with van der Waals surface area (Å²) in [7, 11) is 1.61. The normalized spacial score (nSPS) is 11.1. The van der Waals surface area contributed by atoms with Gasteiger partial charge in [-0.05, 0) is 116 Å². The van der Waals surface area contributed by atoms with Gasteiger partial charge in [-0.3, -0.25) is 0 Å². The molecule has 11 nitrogen and oxygen atoms in total. The minimum absolute atomic E-state index is 0.0231. The third-order valence-electron chi connectivity index (χ3n) is 12.2. The van der Waals surface area contributed by atoms with Crippen molar-refractivity contribution in [3.63, 3.8) is 0 Å². The van der Waals surface area contributed by atoms with Gasteiger partial charge in [-0.25, -0.2) is 0 Å². The molecule has 73 heavy (non-hydrogen) atoms. The first-order chi connectivity index (χ1) is 35.7. The summed E-state index contributed by atoms with van der Waals surface area (Å²) in [4.78, 5) is 0. The largest absolute Gasteiger partial charge is 0.497 e. The summed E-state index contributed by atoms with van der Waals surface area (Å²) >= 11 is 0. The fourth-order valence-corrected chi connectivity index (χ4v) is 8.29. The fourth-order valence-electron chi connectivity index (χ4n) is 8.29. The third-order valence-corrected chi connectivity index (χ3v) is 12.2. The number of aliphatic hydroxyl groups is 1. The molecule has 0 atom stereocenters. The van der Waals surface area contributed by atoms with Crippen molar-refractivity contribution in [2.75, 3.05) is 7.11 Å². The number of hydrogen-bond donors (Lipinski definition) is 1. The highest BCUT2D eigenvalue weighted by Gasteiger charge is 2.17. The van der Waals surface area contributed by atoms with Gasteiger partial charge in [0.15, 0.2) is 0 Å². The van der Waals surface area contributed by atoms with Gasteiger partial charge in [-0.2, -0.15) is 0 Å². The van der Waals surface area contributed by atoms with E-state index in [1.165, 1.54) is 11.1 Å². The Morgan fingerprint density at radius 1 is 0.384 bits per heavy atom. The number of hydrogen-bond acceptors (Lipinski definition) is 11. The van der Waals surface area contributed by atoms with E-state index in [1.54, 1.807) is 7.11 Å². The average Bonchev–Trinajstić information content (AvgIpc) is 4.27. The number of fused-ring (bicyclic) bond motifs is 2. The van der Waals surface area contributed by atoms with Crippen molar-refractivity contribution in [1.82, 2.24) is 30.6 Å². The predicted molar refractivity (Wildman–Crippen MR) is 287 cm³/mol. The van der Waals surface area contributed by atoms with E-state index in [9.17, 15) is 0 Å². The predicted octanol–water partition coefficient (Wildman–Crippen LogP) is 15.0. The van der Waals surface area contributed by atoms with Crippen LogP contribution in [0.2, 0.25) is 0 Å². The maximum Gasteiger partial charge on any atom is 0.248 e. The molecule has 0 aliphatic heterocycles. The van der Waals surface area contributed by atoms with E-state index < -0.39 is 0 Å². The van der Waals surface area contributed by atoms with E-state index in [0.29, 0.717) is 35.3 Å². The van der Waals surface area contributed by atoms with Gasteiger partial charge in [0.25, 0.3) is 0 Å². The minimum Gasteiger partial charge on any atom is -0.497 e. The van der Waals surface area contributed by atoms with Crippen LogP contribution in [0.5, 0.6) is 5.75 Å². The summed E-state index contributed by atoms with van der Waals surface area (Å²) in [5.41, 5.74) is 9.90. The lowest BCUT2D eigenvalue weighted by molar-refractivity contribution is 0.282. The SMILES string of the molecule is CC(C)(C)c1ccc(-c2nnc(-c3ccc(-c4ccccc4)cc3)o2)cc1.COc1cccc(-c2nnc(-c3cccc(CO)c3)o2)c1.c1ccc2c(-c3nnc(-c4cccc5ccccc45)o3)cccc2c1. The standard InChI is InChI=1S/C24H22N2O.C22H14N2O.C16H14N2O3/c1-24(2,3)21-15-13-20(14-16-21)23-26-25-22(27-23)19-11-9-18(10-12-19)17-7-5-4-6-8-17;1-3-11-17-15(7-1)9-5-13-19(17)21-23-24-22(25-21)20-14-6-10-16-8-2-4-12-18(16)20;1-20-14-7-3-6-13(9-14)16-18-17-15(21-16)12-5-2-4-11(8-12)10-19/h4-16H,1-3H3;1-14H;2-9,19H,10H2,1H3. The molecule has 12 aromatic rings. The van der Waals surface area contributed by atoms with Gasteiger partial charge in [-0.1, -0.05) is 166 Å². The molecule has 0 saturated carbocycles. The number of methoxy groups -OCH3 is 1. The van der Waals surface area contributed by atoms with Crippen LogP contribution in [-0.2, 0) is 12.0 Å². The number of nitrogens with zero attached hydrogens (tertiary/aromatic N) is 6. The fraction of sp³-hybridized carbons (Fsp3) is 0.0968. The second-order valence-corrected chi connectivity index (χ2v) is 18.2. The van der Waals surface area contributed by atoms with Gasteiger partial charge in [-0.15, -0.1) is 30.6 Å². The highest BCUT2D eigenvalue weighted by Crippen LogP contribution is 2.34. The Labute approximate surface area is 422 Å². The molecular weight excluding hydrogens is 909 g/mol. The van der Waals surface area contributed by atoms with Crippen molar-refractivity contribution < 1.29 is 23.1 Å². The molecule has 0 fully saturated rings. The highest BCUT2D eigenvalue weighted by molar-refractivity contribution is 5.96. The van der Waals surface area contributed by atoms with Crippen molar-refractivity contribution in [3.8, 4) is 85.6 Å². The zero-order chi connectivity index (χ0) is 50.2. The molecule has 358 valence electrons. The van der Waals surface area contributed by atoms with Crippen LogP contribution in [-0.4, -0.2) is 42.8 Å². The first-order valence-corrected chi connectivity index (χ1v) is 23.8. The van der Waals surface area contributed by atoms with Crippen molar-refractivity contribution in [2.45, 2.75) is 32.8 Å². The zero-order valence-electron chi connectivity index (χ0n) is 40.7. The van der Waals surface area contributed by atoms with Gasteiger partial charge in [0.1, 0.15) is 5.75 Å². The highest BCUT2D eigenvalue weighted by atomic mass is 16.5. The second kappa shape index (κ2) is 21.4. The molecule has 0 aliphatic rings. The van der Waals surface area contributed by atoms with Gasteiger partial charge >= 0.3 is 0 Å². The van der Waals surface area contributed by atoms with Crippen LogP contribution >= 0.6 is 0 Å². The van der Waals surface area contributed by atoms with Crippen molar-refractivity contribution in [3.05, 3.63) is 223 Å². The number of benzene rings is 9. The summed E-state index contributed by atoms with van der Waals surface area (Å²) < 4.78 is 22.8. The lowest BCUT2D eigenvalue weighted by Crippen LogP contribution is -2.10. The van der Waals surface area contributed by atoms with Crippen LogP contribution < -0.4 is 4.74 Å². The molecule has 0 bridgehead atoms. The van der Waals surface area contributed by atoms with E-state index in [4.69, 9.17) is 23.1 Å². The quantitative estimate of drug-likeness (QED) is 0.147. The summed E-state index contributed by atoms with van der Waals surface area (Å²) in [6.45, 7) is 6.58. The Bertz CT molecular complexity index is 3600. The Morgan fingerprint density at radius 3 is 1.32 bits per heavy atom. The van der Waals surface area contributed by atoms with E-state index >= 15 is 0 Å². The molecule has 0 spiro atoms. The molecule has 0 aliphatic carbocycles. The lowest BCUT2D eigenvalue weighted by atomic mass is 9.87. The Balaban J connectivity index is 0.000000127. The Kier molecular flexibility index (Phi) is 13.9. The lowest BCUT2D eigenvalue weighted by Gasteiger charge is -2.18. The Morgan fingerprint density at radius 2 is 0.781 bits per heavy atom. The summed E-state index contributed by atoms with van der Waals surface area (Å²) in [5, 5.41) is 38.9. The van der Waals surface area contributed by atoms with Crippen LogP contribution in [0.25, 0.3) is 101 Å². The zero-order valence-corrected chi connectivity index (χ0v) is 40.7. The van der Waals surface area contributed by atoms with Crippen LogP contribution in [0.3, 0.4) is 0 Å². The van der Waals surface area contributed by atoms with E-state index in [-0.39, 0.29) is 12.0 Å². The molecular formula is C62H50N6O5. The minimum atomic E-state index is -0.0231. The Hall–Kier alpha value is -9.32. The van der Waals surface area contributed by atoms with Crippen LogP contribution in [0.15, 0.2) is 226 Å². The first kappa shape index (κ1) is 47.4. The molecule has 1 N–H and O–H groups in total. The second-order valence-electron chi connectivity index (χ2n) is 18.2. The molecule has 3 heterocycles. The molecule has 0 saturated heterocycles. The molecule has 3 aromatic heterocycles. The molecule has 0 amide bonds. The van der Waals surface area contributed by atoms with Crippen molar-refractivity contribution >= 4 is 21.5 Å². The molecule has 12 rings (SSSR count). The van der Waals surface area contributed by atoms with Crippen LogP contribution in [0.1, 0.15) is 31.9 Å². The first-order valence-electron chi connectivity index (χ1n) is 23.8. The average molecular weight is 959 g/mol. The van der Waals surface area contributed by atoms with E-state index in [0.717, 1.165) is 71.8 Å². The number of aromatic nitrogens is 6. The van der Waals surface area contributed by atoms with Gasteiger partial charge in [0, 0.05) is 33.4 Å². The van der Waals surface area contributed by atoms with Crippen LogP contribution in [0.4, 0.5) is 0 Å². The monoisotopic (exact) mass is 958 g/mol. The number of ether oxygens (including phenoxy) is 1. The summed E-state index contributed by atoms with van der Waals surface area (Å²) in [6, 6.07) is 70.2. The van der Waals surface area contributed by atoms with Gasteiger partial charge in [0.05, 0.1) is 13.7 Å². The summed E-state index contributed by atoms with van der Waals surface area (Å²) in [5.74, 6) is 3.73. The maximum absolute atomic E-state index is 9.17. The number of aliphatic hydroxyl groups excluding tert-OH is 1.